The zero-order chi connectivity index (χ0) is 37.4. The first-order valence-corrected chi connectivity index (χ1v) is 21.4. The Morgan fingerprint density at radius 1 is 0.647 bits per heavy atom. The molecule has 0 spiro atoms. The molecule has 0 bridgehead atoms. The van der Waals surface area contributed by atoms with Gasteiger partial charge in [0.1, 0.15) is 24.4 Å². The molecule has 7 atom stereocenters. The quantitative estimate of drug-likeness (QED) is 0.0283. The molecule has 2 unspecified atom stereocenters. The molecule has 1 fully saturated rings. The van der Waals surface area contributed by atoms with Crippen molar-refractivity contribution in [1.82, 2.24) is 5.32 Å². The molecule has 1 rings (SSSR count). The number of ether oxygens (including phenoxy) is 2. The maximum Gasteiger partial charge on any atom is 0.220 e. The van der Waals surface area contributed by atoms with E-state index in [0.717, 1.165) is 44.9 Å². The topological polar surface area (TPSA) is 149 Å². The van der Waals surface area contributed by atoms with E-state index in [4.69, 9.17) is 9.47 Å². The van der Waals surface area contributed by atoms with Gasteiger partial charge in [0.2, 0.25) is 5.91 Å². The number of hydrogen-bond donors (Lipinski definition) is 6. The molecule has 0 saturated carbocycles. The average molecular weight is 728 g/mol. The zero-order valence-corrected chi connectivity index (χ0v) is 32.9. The summed E-state index contributed by atoms with van der Waals surface area (Å²) in [7, 11) is 0. The summed E-state index contributed by atoms with van der Waals surface area (Å²) in [6.45, 7) is 3.80. The number of carbonyl (C=O) groups is 1. The second-order valence-electron chi connectivity index (χ2n) is 15.1. The van der Waals surface area contributed by atoms with Crippen LogP contribution in [-0.4, -0.2) is 87.5 Å². The monoisotopic (exact) mass is 728 g/mol. The van der Waals surface area contributed by atoms with Crippen LogP contribution >= 0.6 is 0 Å². The molecule has 0 aliphatic carbocycles. The SMILES string of the molecule is CCCCCCCCCCCCC/C=C/CCCC[C@@H](O)[C@H](CO[C@@H]1O[C@H](CO)[C@@H](O)C(O)C1O)NC(=O)CCCCCCCCCCCCC. The summed E-state index contributed by atoms with van der Waals surface area (Å²) >= 11 is 0. The summed E-state index contributed by atoms with van der Waals surface area (Å²) in [5.41, 5.74) is 0. The summed E-state index contributed by atoms with van der Waals surface area (Å²) in [5.74, 6) is -0.155. The van der Waals surface area contributed by atoms with Crippen molar-refractivity contribution in [2.75, 3.05) is 13.2 Å². The second-order valence-corrected chi connectivity index (χ2v) is 15.1. The van der Waals surface area contributed by atoms with Crippen molar-refractivity contribution in [2.24, 2.45) is 0 Å². The van der Waals surface area contributed by atoms with E-state index in [1.807, 2.05) is 0 Å². The van der Waals surface area contributed by atoms with Gasteiger partial charge in [0.25, 0.3) is 0 Å². The highest BCUT2D eigenvalue weighted by molar-refractivity contribution is 5.76. The Balaban J connectivity index is 2.38. The maximum atomic E-state index is 12.9. The first kappa shape index (κ1) is 48.0. The number of aliphatic hydroxyl groups is 5. The predicted molar refractivity (Wildman–Crippen MR) is 207 cm³/mol. The minimum atomic E-state index is -1.55. The number of rotatable bonds is 35. The van der Waals surface area contributed by atoms with Gasteiger partial charge in [-0.25, -0.2) is 0 Å². The first-order chi connectivity index (χ1) is 24.8. The number of unbranched alkanes of at least 4 members (excludes halogenated alkanes) is 23. The van der Waals surface area contributed by atoms with E-state index in [0.29, 0.717) is 12.8 Å². The summed E-state index contributed by atoms with van der Waals surface area (Å²) < 4.78 is 11.2. The van der Waals surface area contributed by atoms with Gasteiger partial charge < -0.3 is 40.3 Å². The smallest absolute Gasteiger partial charge is 0.220 e. The standard InChI is InChI=1S/C42H81NO8/c1-3-5-7-9-11-13-15-16-17-18-19-20-22-23-25-27-29-31-36(45)35(34-50-42-41(49)40(48)39(47)37(33-44)51-42)43-38(46)32-30-28-26-24-21-14-12-10-8-6-4-2/h22-23,35-37,39-42,44-45,47-49H,3-21,24-34H2,1-2H3,(H,43,46)/b23-22+/t35-,36+,37+,39+,40?,41?,42+/m0/s1. The normalized spacial score (nSPS) is 22.1. The van der Waals surface area contributed by atoms with Gasteiger partial charge in [-0.2, -0.15) is 0 Å². The van der Waals surface area contributed by atoms with Crippen molar-refractivity contribution in [2.45, 2.75) is 236 Å². The third-order valence-corrected chi connectivity index (χ3v) is 10.4. The number of aliphatic hydroxyl groups excluding tert-OH is 5. The minimum Gasteiger partial charge on any atom is -0.394 e. The molecule has 0 aromatic rings. The van der Waals surface area contributed by atoms with Crippen LogP contribution in [0.5, 0.6) is 0 Å². The summed E-state index contributed by atoms with van der Waals surface area (Å²) in [5, 5.41) is 54.1. The number of carbonyl (C=O) groups excluding carboxylic acids is 1. The van der Waals surface area contributed by atoms with Crippen molar-refractivity contribution in [3.8, 4) is 0 Å². The summed E-state index contributed by atoms with van der Waals surface area (Å²) in [4.78, 5) is 12.9. The summed E-state index contributed by atoms with van der Waals surface area (Å²) in [6, 6.07) is -0.728. The van der Waals surface area contributed by atoms with Crippen molar-refractivity contribution in [1.29, 1.82) is 0 Å². The van der Waals surface area contributed by atoms with Gasteiger partial charge in [-0.3, -0.25) is 4.79 Å². The largest absolute Gasteiger partial charge is 0.394 e. The van der Waals surface area contributed by atoms with E-state index in [9.17, 15) is 30.3 Å². The molecule has 1 aliphatic rings. The van der Waals surface area contributed by atoms with Crippen molar-refractivity contribution >= 4 is 5.91 Å². The van der Waals surface area contributed by atoms with E-state index in [-0.39, 0.29) is 12.5 Å². The van der Waals surface area contributed by atoms with Crippen LogP contribution < -0.4 is 5.32 Å². The highest BCUT2D eigenvalue weighted by Gasteiger charge is 2.44. The zero-order valence-electron chi connectivity index (χ0n) is 32.9. The maximum absolute atomic E-state index is 12.9. The molecule has 0 aromatic heterocycles. The van der Waals surface area contributed by atoms with Gasteiger partial charge >= 0.3 is 0 Å². The minimum absolute atomic E-state index is 0.146. The average Bonchev–Trinajstić information content (AvgIpc) is 3.13. The number of hydrogen-bond acceptors (Lipinski definition) is 8. The van der Waals surface area contributed by atoms with Crippen LogP contribution in [0.1, 0.15) is 194 Å². The molecule has 1 heterocycles. The van der Waals surface area contributed by atoms with Crippen molar-refractivity contribution < 1.29 is 39.8 Å². The lowest BCUT2D eigenvalue weighted by atomic mass is 9.99. The molecule has 1 saturated heterocycles. The van der Waals surface area contributed by atoms with E-state index < -0.39 is 49.5 Å². The van der Waals surface area contributed by atoms with Gasteiger partial charge in [-0.1, -0.05) is 161 Å². The van der Waals surface area contributed by atoms with E-state index in [1.54, 1.807) is 0 Å². The first-order valence-electron chi connectivity index (χ1n) is 21.4. The van der Waals surface area contributed by atoms with Crippen LogP contribution in [0.15, 0.2) is 12.2 Å². The van der Waals surface area contributed by atoms with Crippen LogP contribution in [0.4, 0.5) is 0 Å². The predicted octanol–water partition coefficient (Wildman–Crippen LogP) is 8.17. The highest BCUT2D eigenvalue weighted by atomic mass is 16.7. The van der Waals surface area contributed by atoms with E-state index >= 15 is 0 Å². The van der Waals surface area contributed by atoms with Crippen LogP contribution in [-0.2, 0) is 14.3 Å². The lowest BCUT2D eigenvalue weighted by Gasteiger charge is -2.40. The number of amides is 1. The van der Waals surface area contributed by atoms with Gasteiger partial charge in [0.05, 0.1) is 25.4 Å². The molecule has 9 heteroatoms. The summed E-state index contributed by atoms with van der Waals surface area (Å²) in [6.07, 6.45) is 29.3. The number of nitrogens with one attached hydrogen (secondary N) is 1. The molecule has 1 aliphatic heterocycles. The number of allylic oxidation sites excluding steroid dienone is 2. The Morgan fingerprint density at radius 3 is 1.59 bits per heavy atom. The van der Waals surface area contributed by atoms with E-state index in [1.165, 1.54) is 122 Å². The fraction of sp³-hybridized carbons (Fsp3) is 0.929. The molecule has 6 N–H and O–H groups in total. The fourth-order valence-corrected chi connectivity index (χ4v) is 6.86. The van der Waals surface area contributed by atoms with Crippen LogP contribution in [0.25, 0.3) is 0 Å². The molecular weight excluding hydrogens is 646 g/mol. The third-order valence-electron chi connectivity index (χ3n) is 10.4. The Hall–Kier alpha value is -1.07. The van der Waals surface area contributed by atoms with Crippen LogP contribution in [0, 0.1) is 0 Å². The van der Waals surface area contributed by atoms with Gasteiger partial charge in [0.15, 0.2) is 6.29 Å². The second kappa shape index (κ2) is 33.5. The van der Waals surface area contributed by atoms with Crippen LogP contribution in [0.3, 0.4) is 0 Å². The van der Waals surface area contributed by atoms with Crippen LogP contribution in [0.2, 0.25) is 0 Å². The highest BCUT2D eigenvalue weighted by Crippen LogP contribution is 2.23. The molecule has 302 valence electrons. The van der Waals surface area contributed by atoms with Crippen molar-refractivity contribution in [3.05, 3.63) is 12.2 Å². The fourth-order valence-electron chi connectivity index (χ4n) is 6.86. The Morgan fingerprint density at radius 2 is 1.10 bits per heavy atom. The van der Waals surface area contributed by atoms with Gasteiger partial charge in [-0.05, 0) is 38.5 Å². The lowest BCUT2D eigenvalue weighted by molar-refractivity contribution is -0.302. The molecule has 1 amide bonds. The Labute approximate surface area is 312 Å². The molecule has 0 radical (unpaired) electrons. The Kier molecular flexibility index (Phi) is 31.5. The Bertz CT molecular complexity index is 812. The lowest BCUT2D eigenvalue weighted by Crippen LogP contribution is -2.60. The van der Waals surface area contributed by atoms with Crippen molar-refractivity contribution in [3.63, 3.8) is 0 Å². The van der Waals surface area contributed by atoms with Gasteiger partial charge in [0, 0.05) is 6.42 Å². The molecule has 0 aromatic carbocycles. The molecule has 9 nitrogen and oxygen atoms in total. The molecular formula is C42H81NO8. The van der Waals surface area contributed by atoms with E-state index in [2.05, 4.69) is 31.3 Å². The molecule has 51 heavy (non-hydrogen) atoms. The van der Waals surface area contributed by atoms with Gasteiger partial charge in [-0.15, -0.1) is 0 Å². The third kappa shape index (κ3) is 24.8.